The second kappa shape index (κ2) is 12.7. The second-order valence-corrected chi connectivity index (χ2v) is 9.91. The summed E-state index contributed by atoms with van der Waals surface area (Å²) in [6, 6.07) is 11.5. The number of rotatable bonds is 10. The first-order chi connectivity index (χ1) is 18.4. The van der Waals surface area contributed by atoms with E-state index in [1.54, 1.807) is 12.0 Å². The molecule has 2 aromatic rings. The van der Waals surface area contributed by atoms with Gasteiger partial charge < -0.3 is 25.4 Å². The van der Waals surface area contributed by atoms with Crippen molar-refractivity contribution in [3.63, 3.8) is 0 Å². The molecule has 38 heavy (non-hydrogen) atoms. The highest BCUT2D eigenvalue weighted by Crippen LogP contribution is 2.39. The molecule has 0 saturated carbocycles. The van der Waals surface area contributed by atoms with Crippen LogP contribution in [0.25, 0.3) is 17.2 Å². The number of aliphatic imine (C=N–C) groups is 1. The number of nitrogens with zero attached hydrogens (tertiary/aromatic N) is 3. The van der Waals surface area contributed by atoms with Gasteiger partial charge in [0.2, 0.25) is 5.91 Å². The van der Waals surface area contributed by atoms with Gasteiger partial charge in [-0.25, -0.2) is 4.99 Å². The molecular formula is C30H38N4O4. The molecule has 2 aliphatic heterocycles. The van der Waals surface area contributed by atoms with Crippen molar-refractivity contribution < 1.29 is 19.4 Å². The number of nitrogens with two attached hydrogens (primary N) is 1. The number of aliphatic hydroxyl groups excluding tert-OH is 1. The predicted molar refractivity (Wildman–Crippen MR) is 151 cm³/mol. The number of hydrogen-bond donors (Lipinski definition) is 2. The molecule has 0 atom stereocenters. The molecule has 0 spiro atoms. The normalized spacial score (nSPS) is 14.9. The van der Waals surface area contributed by atoms with E-state index in [-0.39, 0.29) is 24.8 Å². The fraction of sp³-hybridized carbons (Fsp3) is 0.433. The van der Waals surface area contributed by atoms with Crippen molar-refractivity contribution in [2.45, 2.75) is 45.4 Å². The van der Waals surface area contributed by atoms with Gasteiger partial charge in [-0.05, 0) is 55.5 Å². The van der Waals surface area contributed by atoms with E-state index in [2.05, 4.69) is 4.99 Å². The highest BCUT2D eigenvalue weighted by molar-refractivity contribution is 5.96. The second-order valence-electron chi connectivity index (χ2n) is 9.91. The number of fused-ring (bicyclic) bond motifs is 1. The van der Waals surface area contributed by atoms with Gasteiger partial charge in [0.25, 0.3) is 5.91 Å². The molecule has 0 unspecified atom stereocenters. The maximum absolute atomic E-state index is 13.0. The van der Waals surface area contributed by atoms with E-state index >= 15 is 0 Å². The molecule has 0 radical (unpaired) electrons. The van der Waals surface area contributed by atoms with E-state index in [1.807, 2.05) is 54.3 Å². The third-order valence-corrected chi connectivity index (χ3v) is 7.03. The molecule has 2 aliphatic rings. The maximum Gasteiger partial charge on any atom is 0.253 e. The van der Waals surface area contributed by atoms with Crippen LogP contribution in [0.3, 0.4) is 0 Å². The van der Waals surface area contributed by atoms with Gasteiger partial charge in [-0.2, -0.15) is 0 Å². The summed E-state index contributed by atoms with van der Waals surface area (Å²) in [4.78, 5) is 34.1. The van der Waals surface area contributed by atoms with Crippen molar-refractivity contribution in [3.8, 4) is 16.9 Å². The number of aliphatic hydroxyl groups is 1. The van der Waals surface area contributed by atoms with Crippen molar-refractivity contribution in [2.24, 2.45) is 10.7 Å². The Balaban J connectivity index is 1.60. The lowest BCUT2D eigenvalue weighted by Gasteiger charge is -2.22. The Morgan fingerprint density at radius 2 is 1.87 bits per heavy atom. The van der Waals surface area contributed by atoms with Crippen LogP contribution < -0.4 is 10.5 Å². The molecule has 0 aromatic heterocycles. The molecule has 3 N–H and O–H groups in total. The molecule has 8 heteroatoms. The molecule has 4 rings (SSSR count). The smallest absolute Gasteiger partial charge is 0.253 e. The van der Waals surface area contributed by atoms with E-state index in [0.29, 0.717) is 48.8 Å². The van der Waals surface area contributed by atoms with Gasteiger partial charge >= 0.3 is 0 Å². The van der Waals surface area contributed by atoms with E-state index in [9.17, 15) is 14.7 Å². The number of methoxy groups -OCH3 is 1. The van der Waals surface area contributed by atoms with Crippen LogP contribution >= 0.6 is 0 Å². The Morgan fingerprint density at radius 3 is 2.53 bits per heavy atom. The summed E-state index contributed by atoms with van der Waals surface area (Å²) >= 11 is 0. The Hall–Kier alpha value is -3.65. The Bertz CT molecular complexity index is 1210. The molecule has 1 fully saturated rings. The summed E-state index contributed by atoms with van der Waals surface area (Å²) in [6.07, 6.45) is 6.18. The lowest BCUT2D eigenvalue weighted by atomic mass is 9.98. The van der Waals surface area contributed by atoms with Crippen LogP contribution in [0, 0.1) is 0 Å². The molecule has 8 nitrogen and oxygen atoms in total. The van der Waals surface area contributed by atoms with Crippen molar-refractivity contribution in [1.82, 2.24) is 9.80 Å². The van der Waals surface area contributed by atoms with Gasteiger partial charge in [-0.1, -0.05) is 30.7 Å². The molecule has 1 saturated heterocycles. The Kier molecular flexibility index (Phi) is 9.18. The first kappa shape index (κ1) is 27.4. The molecule has 2 heterocycles. The third-order valence-electron chi connectivity index (χ3n) is 7.03. The zero-order chi connectivity index (χ0) is 27.1. The third kappa shape index (κ3) is 6.42. The summed E-state index contributed by atoms with van der Waals surface area (Å²) in [6.45, 7) is 4.93. The van der Waals surface area contributed by atoms with E-state index < -0.39 is 0 Å². The zero-order valence-electron chi connectivity index (χ0n) is 22.4. The molecule has 0 bridgehead atoms. The minimum Gasteiger partial charge on any atom is -0.496 e. The van der Waals surface area contributed by atoms with Crippen LogP contribution in [0.4, 0.5) is 5.69 Å². The Morgan fingerprint density at radius 1 is 1.13 bits per heavy atom. The fourth-order valence-electron chi connectivity index (χ4n) is 5.10. The van der Waals surface area contributed by atoms with Crippen LogP contribution in [0.15, 0.2) is 47.0 Å². The van der Waals surface area contributed by atoms with Crippen molar-refractivity contribution in [3.05, 3.63) is 53.1 Å². The molecule has 2 aromatic carbocycles. The fourth-order valence-corrected chi connectivity index (χ4v) is 5.10. The lowest BCUT2D eigenvalue weighted by molar-refractivity contribution is -0.130. The van der Waals surface area contributed by atoms with Crippen LogP contribution in [0.2, 0.25) is 0 Å². The van der Waals surface area contributed by atoms with Crippen LogP contribution in [-0.2, 0) is 4.79 Å². The first-order valence-corrected chi connectivity index (χ1v) is 13.5. The van der Waals surface area contributed by atoms with E-state index in [1.165, 1.54) is 0 Å². The van der Waals surface area contributed by atoms with Crippen LogP contribution in [-0.4, -0.2) is 72.5 Å². The Labute approximate surface area is 224 Å². The highest BCUT2D eigenvalue weighted by Gasteiger charge is 2.21. The van der Waals surface area contributed by atoms with Crippen molar-refractivity contribution in [1.29, 1.82) is 0 Å². The number of benzene rings is 2. The van der Waals surface area contributed by atoms with Gasteiger partial charge in [0.05, 0.1) is 12.8 Å². The van der Waals surface area contributed by atoms with Gasteiger partial charge in [0, 0.05) is 62.3 Å². The summed E-state index contributed by atoms with van der Waals surface area (Å²) in [7, 11) is 1.63. The quantitative estimate of drug-likeness (QED) is 0.485. The van der Waals surface area contributed by atoms with E-state index in [0.717, 1.165) is 54.6 Å². The standard InChI is InChI=1S/C30H38N4O4/c1-3-11-33(14-6-15-35)29(36)18-21-16-24-19-27(38-2)25(20-26(24)32-28(31)17-21)22-7-9-23(10-8-22)30(37)34-12-4-5-13-34/h7-10,16,19-20,35H,3-6,11-15,17-18H2,1-2H3,(H2,31,32). The summed E-state index contributed by atoms with van der Waals surface area (Å²) in [5.74, 6) is 1.22. The zero-order valence-corrected chi connectivity index (χ0v) is 22.4. The van der Waals surface area contributed by atoms with Crippen molar-refractivity contribution >= 4 is 29.4 Å². The number of amides is 2. The summed E-state index contributed by atoms with van der Waals surface area (Å²) in [5, 5.41) is 9.19. The average molecular weight is 519 g/mol. The maximum atomic E-state index is 13.0. The minimum atomic E-state index is 0.0231. The monoisotopic (exact) mass is 518 g/mol. The molecule has 0 aliphatic carbocycles. The summed E-state index contributed by atoms with van der Waals surface area (Å²) < 4.78 is 5.74. The van der Waals surface area contributed by atoms with Gasteiger partial charge in [-0.3, -0.25) is 9.59 Å². The van der Waals surface area contributed by atoms with Gasteiger partial charge in [0.1, 0.15) is 11.6 Å². The number of hydrogen-bond acceptors (Lipinski definition) is 6. The topological polar surface area (TPSA) is 108 Å². The average Bonchev–Trinajstić information content (AvgIpc) is 3.41. The van der Waals surface area contributed by atoms with E-state index in [4.69, 9.17) is 10.5 Å². The van der Waals surface area contributed by atoms with Gasteiger partial charge in [0.15, 0.2) is 0 Å². The molecular weight excluding hydrogens is 480 g/mol. The van der Waals surface area contributed by atoms with Crippen molar-refractivity contribution in [2.75, 3.05) is 39.9 Å². The number of carbonyl (C=O) groups is 2. The molecule has 2 amide bonds. The van der Waals surface area contributed by atoms with Crippen LogP contribution in [0.5, 0.6) is 5.75 Å². The number of ether oxygens (including phenoxy) is 1. The number of likely N-dealkylation sites (tertiary alicyclic amines) is 1. The number of carbonyl (C=O) groups excluding carboxylic acids is 2. The largest absolute Gasteiger partial charge is 0.496 e. The van der Waals surface area contributed by atoms with Gasteiger partial charge in [-0.15, -0.1) is 0 Å². The molecule has 202 valence electrons. The minimum absolute atomic E-state index is 0.0231. The number of amidine groups is 1. The first-order valence-electron chi connectivity index (χ1n) is 13.5. The highest BCUT2D eigenvalue weighted by atomic mass is 16.5. The summed E-state index contributed by atoms with van der Waals surface area (Å²) in [5.41, 5.74) is 11.2. The van der Waals surface area contributed by atoms with Crippen LogP contribution in [0.1, 0.15) is 61.4 Å². The lowest BCUT2D eigenvalue weighted by Crippen LogP contribution is -2.33. The SMILES string of the molecule is CCCN(CCCO)C(=O)CC1=Cc2cc(OC)c(-c3ccc(C(=O)N4CCCC4)cc3)cc2N=C(N)C1. The predicted octanol–water partition coefficient (Wildman–Crippen LogP) is 4.39.